The largest absolute Gasteiger partial charge is 0.355 e. The molecule has 1 fully saturated rings. The van der Waals surface area contributed by atoms with Crippen molar-refractivity contribution >= 4 is 11.8 Å². The zero-order valence-corrected chi connectivity index (χ0v) is 15.0. The number of carbonyl (C=O) groups is 2. The fourth-order valence-corrected chi connectivity index (χ4v) is 3.23. The van der Waals surface area contributed by atoms with E-state index < -0.39 is 0 Å². The molecule has 1 aromatic carbocycles. The van der Waals surface area contributed by atoms with Gasteiger partial charge in [0, 0.05) is 32.6 Å². The van der Waals surface area contributed by atoms with Crippen molar-refractivity contribution < 1.29 is 9.59 Å². The average Bonchev–Trinajstić information content (AvgIpc) is 2.62. The normalized spacial score (nSPS) is 18.7. The Morgan fingerprint density at radius 3 is 2.62 bits per heavy atom. The Bertz CT molecular complexity index is 550. The number of nitrogens with zero attached hydrogens (tertiary/aromatic N) is 1. The summed E-state index contributed by atoms with van der Waals surface area (Å²) in [5.41, 5.74) is 1.67. The fraction of sp³-hybridized carbons (Fsp3) is 0.579. The Balaban J connectivity index is 1.85. The van der Waals surface area contributed by atoms with Gasteiger partial charge >= 0.3 is 0 Å². The molecule has 0 aliphatic carbocycles. The summed E-state index contributed by atoms with van der Waals surface area (Å²) in [7, 11) is 3.46. The molecule has 1 heterocycles. The minimum absolute atomic E-state index is 0.0964. The lowest BCUT2D eigenvalue weighted by Gasteiger charge is -2.29. The van der Waals surface area contributed by atoms with E-state index in [0.717, 1.165) is 18.7 Å². The molecule has 2 rings (SSSR count). The molecular weight excluding hydrogens is 302 g/mol. The molecule has 0 saturated carbocycles. The minimum atomic E-state index is -0.0964. The second kappa shape index (κ2) is 8.83. The summed E-state index contributed by atoms with van der Waals surface area (Å²) in [4.78, 5) is 25.8. The molecule has 0 bridgehead atoms. The van der Waals surface area contributed by atoms with E-state index >= 15 is 0 Å². The summed E-state index contributed by atoms with van der Waals surface area (Å²) < 4.78 is 0. The van der Waals surface area contributed by atoms with E-state index in [9.17, 15) is 9.59 Å². The van der Waals surface area contributed by atoms with E-state index in [-0.39, 0.29) is 11.8 Å². The molecule has 1 aliphatic heterocycles. The molecule has 1 aromatic rings. The van der Waals surface area contributed by atoms with Crippen molar-refractivity contribution in [1.82, 2.24) is 15.5 Å². The van der Waals surface area contributed by atoms with Crippen LogP contribution in [0.1, 0.15) is 42.1 Å². The number of amides is 2. The van der Waals surface area contributed by atoms with Crippen LogP contribution in [0.15, 0.2) is 24.3 Å². The molecule has 132 valence electrons. The van der Waals surface area contributed by atoms with Crippen LogP contribution in [0.2, 0.25) is 0 Å². The molecule has 0 radical (unpaired) electrons. The van der Waals surface area contributed by atoms with E-state index in [1.807, 2.05) is 19.2 Å². The topological polar surface area (TPSA) is 61.4 Å². The van der Waals surface area contributed by atoms with Crippen molar-refractivity contribution in [1.29, 1.82) is 0 Å². The minimum Gasteiger partial charge on any atom is -0.355 e. The van der Waals surface area contributed by atoms with Crippen molar-refractivity contribution in [3.8, 4) is 0 Å². The zero-order valence-electron chi connectivity index (χ0n) is 15.0. The number of rotatable bonds is 6. The summed E-state index contributed by atoms with van der Waals surface area (Å²) in [5, 5.41) is 6.02. The van der Waals surface area contributed by atoms with Crippen LogP contribution in [0, 0.1) is 11.8 Å². The van der Waals surface area contributed by atoms with Gasteiger partial charge < -0.3 is 15.5 Å². The quantitative estimate of drug-likeness (QED) is 0.838. The van der Waals surface area contributed by atoms with Crippen LogP contribution in [0.25, 0.3) is 0 Å². The van der Waals surface area contributed by atoms with Crippen LogP contribution in [0.3, 0.4) is 0 Å². The summed E-state index contributed by atoms with van der Waals surface area (Å²) in [6.45, 7) is 4.88. The van der Waals surface area contributed by atoms with Gasteiger partial charge in [-0.2, -0.15) is 0 Å². The van der Waals surface area contributed by atoms with Gasteiger partial charge in [-0.1, -0.05) is 19.1 Å². The van der Waals surface area contributed by atoms with E-state index in [1.54, 1.807) is 24.1 Å². The molecule has 2 amide bonds. The molecule has 0 spiro atoms. The highest BCUT2D eigenvalue weighted by Gasteiger charge is 2.23. The van der Waals surface area contributed by atoms with Crippen LogP contribution in [-0.2, 0) is 11.3 Å². The van der Waals surface area contributed by atoms with Crippen molar-refractivity contribution in [2.45, 2.75) is 32.7 Å². The molecule has 1 aliphatic rings. The number of piperidine rings is 1. The lowest BCUT2D eigenvalue weighted by atomic mass is 9.85. The van der Waals surface area contributed by atoms with Gasteiger partial charge in [-0.05, 0) is 55.5 Å². The molecule has 0 aromatic heterocycles. The summed E-state index contributed by atoms with van der Waals surface area (Å²) >= 11 is 0. The van der Waals surface area contributed by atoms with Gasteiger partial charge in [-0.3, -0.25) is 9.59 Å². The first-order valence-electron chi connectivity index (χ1n) is 8.77. The van der Waals surface area contributed by atoms with Gasteiger partial charge in [0.15, 0.2) is 0 Å². The highest BCUT2D eigenvalue weighted by Crippen LogP contribution is 2.23. The lowest BCUT2D eigenvalue weighted by molar-refractivity contribution is -0.131. The van der Waals surface area contributed by atoms with Crippen LogP contribution < -0.4 is 10.6 Å². The molecule has 2 atom stereocenters. The fourth-order valence-electron chi connectivity index (χ4n) is 3.23. The number of benzene rings is 1. The smallest absolute Gasteiger partial charge is 0.251 e. The van der Waals surface area contributed by atoms with E-state index in [4.69, 9.17) is 0 Å². The molecular formula is C19H29N3O2. The van der Waals surface area contributed by atoms with Crippen LogP contribution >= 0.6 is 0 Å². The molecule has 1 saturated heterocycles. The molecule has 2 N–H and O–H groups in total. The number of carbonyl (C=O) groups excluding carboxylic acids is 2. The third-order valence-corrected chi connectivity index (χ3v) is 4.93. The first kappa shape index (κ1) is 18.5. The first-order chi connectivity index (χ1) is 11.5. The van der Waals surface area contributed by atoms with Crippen LogP contribution in [-0.4, -0.2) is 43.9 Å². The third kappa shape index (κ3) is 5.06. The van der Waals surface area contributed by atoms with E-state index in [1.165, 1.54) is 12.8 Å². The SMILES string of the molecule is CNC(=O)c1ccc(CN(C)C(=O)CC(C)C2CCCNC2)cc1. The molecule has 24 heavy (non-hydrogen) atoms. The van der Waals surface area contributed by atoms with Gasteiger partial charge in [0.25, 0.3) is 5.91 Å². The zero-order chi connectivity index (χ0) is 17.5. The lowest BCUT2D eigenvalue weighted by Crippen LogP contribution is -2.36. The van der Waals surface area contributed by atoms with E-state index in [2.05, 4.69) is 17.6 Å². The Labute approximate surface area is 144 Å². The summed E-state index contributed by atoms with van der Waals surface area (Å²) in [6, 6.07) is 7.40. The van der Waals surface area contributed by atoms with Crippen molar-refractivity contribution in [2.75, 3.05) is 27.2 Å². The van der Waals surface area contributed by atoms with Gasteiger partial charge in [-0.25, -0.2) is 0 Å². The van der Waals surface area contributed by atoms with E-state index in [0.29, 0.717) is 30.4 Å². The first-order valence-corrected chi connectivity index (χ1v) is 8.77. The molecule has 5 heteroatoms. The van der Waals surface area contributed by atoms with Crippen molar-refractivity contribution in [3.63, 3.8) is 0 Å². The van der Waals surface area contributed by atoms with Gasteiger partial charge in [0.05, 0.1) is 0 Å². The second-order valence-corrected chi connectivity index (χ2v) is 6.81. The third-order valence-electron chi connectivity index (χ3n) is 4.93. The maximum absolute atomic E-state index is 12.5. The van der Waals surface area contributed by atoms with Gasteiger partial charge in [-0.15, -0.1) is 0 Å². The summed E-state index contributed by atoms with van der Waals surface area (Å²) in [6.07, 6.45) is 3.02. The number of nitrogens with one attached hydrogen (secondary N) is 2. The Kier molecular flexibility index (Phi) is 6.79. The highest BCUT2D eigenvalue weighted by molar-refractivity contribution is 5.93. The Morgan fingerprint density at radius 2 is 2.04 bits per heavy atom. The summed E-state index contributed by atoms with van der Waals surface area (Å²) in [5.74, 6) is 1.09. The Hall–Kier alpha value is -1.88. The monoisotopic (exact) mass is 331 g/mol. The maximum atomic E-state index is 12.5. The average molecular weight is 331 g/mol. The van der Waals surface area contributed by atoms with Crippen LogP contribution in [0.5, 0.6) is 0 Å². The van der Waals surface area contributed by atoms with Crippen molar-refractivity contribution in [3.05, 3.63) is 35.4 Å². The molecule has 5 nitrogen and oxygen atoms in total. The van der Waals surface area contributed by atoms with Gasteiger partial charge in [0.1, 0.15) is 0 Å². The highest BCUT2D eigenvalue weighted by atomic mass is 16.2. The Morgan fingerprint density at radius 1 is 1.33 bits per heavy atom. The van der Waals surface area contributed by atoms with Crippen molar-refractivity contribution in [2.24, 2.45) is 11.8 Å². The van der Waals surface area contributed by atoms with Gasteiger partial charge in [0.2, 0.25) is 5.91 Å². The molecule has 2 unspecified atom stereocenters. The predicted molar refractivity (Wildman–Crippen MR) is 95.7 cm³/mol. The second-order valence-electron chi connectivity index (χ2n) is 6.81. The number of hydrogen-bond donors (Lipinski definition) is 2. The maximum Gasteiger partial charge on any atom is 0.251 e. The predicted octanol–water partition coefficient (Wildman–Crippen LogP) is 2.03. The standard InChI is InChI=1S/C19H29N3O2/c1-14(17-5-4-10-21-12-17)11-18(23)22(3)13-15-6-8-16(9-7-15)19(24)20-2/h6-9,14,17,21H,4-5,10-13H2,1-3H3,(H,20,24). The number of hydrogen-bond acceptors (Lipinski definition) is 3. The van der Waals surface area contributed by atoms with Crippen LogP contribution in [0.4, 0.5) is 0 Å².